The normalized spacial score (nSPS) is 10.8. The fraction of sp³-hybridized carbons (Fsp3) is 0.0625. The van der Waals surface area contributed by atoms with Crippen LogP contribution in [0.25, 0.3) is 6.08 Å². The zero-order valence-corrected chi connectivity index (χ0v) is 13.8. The van der Waals surface area contributed by atoms with Gasteiger partial charge in [-0.15, -0.1) is 0 Å². The lowest BCUT2D eigenvalue weighted by molar-refractivity contribution is -0.111. The van der Waals surface area contributed by atoms with Crippen molar-refractivity contribution in [3.63, 3.8) is 0 Å². The number of rotatable bonds is 3. The number of hydrogen-bond donors (Lipinski definition) is 1. The summed E-state index contributed by atoms with van der Waals surface area (Å²) in [6.45, 7) is 1.97. The van der Waals surface area contributed by atoms with Crippen molar-refractivity contribution in [3.05, 3.63) is 68.3 Å². The fourth-order valence-electron chi connectivity index (χ4n) is 1.69. The Labute approximate surface area is 137 Å². The lowest BCUT2D eigenvalue weighted by Gasteiger charge is -2.06. The van der Waals surface area contributed by atoms with Crippen molar-refractivity contribution < 1.29 is 4.79 Å². The molecule has 1 amide bonds. The summed E-state index contributed by atoms with van der Waals surface area (Å²) in [5.74, 6) is -0.149. The Morgan fingerprint density at radius 3 is 2.55 bits per heavy atom. The smallest absolute Gasteiger partial charge is 0.248 e. The largest absolute Gasteiger partial charge is 0.322 e. The topological polar surface area (TPSA) is 29.1 Å². The zero-order chi connectivity index (χ0) is 14.5. The van der Waals surface area contributed by atoms with Crippen molar-refractivity contribution >= 4 is 51.9 Å². The molecule has 0 aliphatic heterocycles. The van der Waals surface area contributed by atoms with Crippen LogP contribution in [0.15, 0.2) is 48.5 Å². The second-order valence-corrected chi connectivity index (χ2v) is 6.02. The molecule has 20 heavy (non-hydrogen) atoms. The van der Waals surface area contributed by atoms with Crippen molar-refractivity contribution in [2.24, 2.45) is 0 Å². The molecule has 2 rings (SSSR count). The van der Waals surface area contributed by atoms with E-state index in [9.17, 15) is 4.79 Å². The first-order valence-electron chi connectivity index (χ1n) is 6.05. The van der Waals surface area contributed by atoms with E-state index < -0.39 is 0 Å². The Balaban J connectivity index is 2.03. The molecule has 2 nitrogen and oxygen atoms in total. The summed E-state index contributed by atoms with van der Waals surface area (Å²) < 4.78 is 1.15. The van der Waals surface area contributed by atoms with E-state index in [0.717, 1.165) is 20.4 Å². The molecule has 0 unspecified atom stereocenters. The highest BCUT2D eigenvalue weighted by Crippen LogP contribution is 2.17. The first-order chi connectivity index (χ1) is 9.54. The Hall–Kier alpha value is -1.33. The van der Waals surface area contributed by atoms with Gasteiger partial charge in [0.2, 0.25) is 5.91 Å². The third-order valence-electron chi connectivity index (χ3n) is 2.74. The predicted octanol–water partition coefficient (Wildman–Crippen LogP) is 4.90. The van der Waals surface area contributed by atoms with E-state index in [2.05, 4.69) is 27.9 Å². The maximum Gasteiger partial charge on any atom is 0.248 e. The average Bonchev–Trinajstić information content (AvgIpc) is 2.41. The SMILES string of the molecule is Cc1cc(I)ccc1NC(=O)C=Cc1ccc(Cl)cc1. The molecule has 0 saturated carbocycles. The molecule has 0 aliphatic rings. The molecular weight excluding hydrogens is 385 g/mol. The van der Waals surface area contributed by atoms with Gasteiger partial charge in [0.1, 0.15) is 0 Å². The third kappa shape index (κ3) is 4.35. The number of hydrogen-bond acceptors (Lipinski definition) is 1. The first kappa shape index (κ1) is 15.1. The number of benzene rings is 2. The molecule has 0 saturated heterocycles. The maximum atomic E-state index is 11.9. The zero-order valence-electron chi connectivity index (χ0n) is 10.9. The van der Waals surface area contributed by atoms with Crippen LogP contribution < -0.4 is 5.32 Å². The van der Waals surface area contributed by atoms with Crippen LogP contribution in [0.2, 0.25) is 5.02 Å². The van der Waals surface area contributed by atoms with E-state index in [4.69, 9.17) is 11.6 Å². The van der Waals surface area contributed by atoms with E-state index in [1.165, 1.54) is 6.08 Å². The molecule has 4 heteroatoms. The predicted molar refractivity (Wildman–Crippen MR) is 93.0 cm³/mol. The molecule has 1 N–H and O–H groups in total. The van der Waals surface area contributed by atoms with E-state index in [0.29, 0.717) is 5.02 Å². The number of nitrogens with one attached hydrogen (secondary N) is 1. The molecular formula is C16H13ClINO. The summed E-state index contributed by atoms with van der Waals surface area (Å²) in [6.07, 6.45) is 3.27. The van der Waals surface area contributed by atoms with Gasteiger partial charge in [0.05, 0.1) is 0 Å². The monoisotopic (exact) mass is 397 g/mol. The molecule has 0 spiro atoms. The van der Waals surface area contributed by atoms with E-state index >= 15 is 0 Å². The third-order valence-corrected chi connectivity index (χ3v) is 3.67. The quantitative estimate of drug-likeness (QED) is 0.579. The Morgan fingerprint density at radius 2 is 1.90 bits per heavy atom. The van der Waals surface area contributed by atoms with E-state index in [1.807, 2.05) is 37.3 Å². The van der Waals surface area contributed by atoms with Gasteiger partial charge in [0, 0.05) is 20.4 Å². The van der Waals surface area contributed by atoms with E-state index in [1.54, 1.807) is 18.2 Å². The molecule has 0 aliphatic carbocycles. The van der Waals surface area contributed by atoms with Crippen molar-refractivity contribution in [2.45, 2.75) is 6.92 Å². The number of amides is 1. The van der Waals surface area contributed by atoms with Crippen molar-refractivity contribution in [3.8, 4) is 0 Å². The summed E-state index contributed by atoms with van der Waals surface area (Å²) in [5.41, 5.74) is 2.81. The standard InChI is InChI=1S/C16H13ClINO/c1-11-10-14(18)7-8-15(11)19-16(20)9-4-12-2-5-13(17)6-3-12/h2-10H,1H3,(H,19,20). The highest BCUT2D eigenvalue weighted by Gasteiger charge is 2.01. The number of anilines is 1. The van der Waals surface area contributed by atoms with Crippen LogP contribution in [-0.4, -0.2) is 5.91 Å². The highest BCUT2D eigenvalue weighted by atomic mass is 127. The lowest BCUT2D eigenvalue weighted by Crippen LogP contribution is -2.08. The van der Waals surface area contributed by atoms with Gasteiger partial charge in [-0.2, -0.15) is 0 Å². The average molecular weight is 398 g/mol. The summed E-state index contributed by atoms with van der Waals surface area (Å²) in [7, 11) is 0. The number of carbonyl (C=O) groups is 1. The van der Waals surface area contributed by atoms with Crippen LogP contribution in [0.4, 0.5) is 5.69 Å². The number of carbonyl (C=O) groups excluding carboxylic acids is 1. The van der Waals surface area contributed by atoms with Gasteiger partial charge in [0.25, 0.3) is 0 Å². The van der Waals surface area contributed by atoms with Gasteiger partial charge in [0.15, 0.2) is 0 Å². The summed E-state index contributed by atoms with van der Waals surface area (Å²) in [5, 5.41) is 3.55. The Kier molecular flexibility index (Phi) is 5.20. The molecule has 0 radical (unpaired) electrons. The molecule has 0 aromatic heterocycles. The van der Waals surface area contributed by atoms with Gasteiger partial charge >= 0.3 is 0 Å². The number of aryl methyl sites for hydroxylation is 1. The second-order valence-electron chi connectivity index (χ2n) is 4.33. The molecule has 0 bridgehead atoms. The molecule has 0 heterocycles. The molecule has 0 fully saturated rings. The maximum absolute atomic E-state index is 11.9. The number of halogens is 2. The first-order valence-corrected chi connectivity index (χ1v) is 7.51. The van der Waals surface area contributed by atoms with Gasteiger partial charge in [-0.3, -0.25) is 4.79 Å². The highest BCUT2D eigenvalue weighted by molar-refractivity contribution is 14.1. The van der Waals surface area contributed by atoms with Crippen LogP contribution in [0.1, 0.15) is 11.1 Å². The molecule has 102 valence electrons. The van der Waals surface area contributed by atoms with Crippen LogP contribution in [0.5, 0.6) is 0 Å². The van der Waals surface area contributed by atoms with Crippen LogP contribution in [0, 0.1) is 10.5 Å². The fourth-order valence-corrected chi connectivity index (χ4v) is 2.46. The minimum Gasteiger partial charge on any atom is -0.322 e. The Bertz CT molecular complexity index is 650. The van der Waals surface area contributed by atoms with Crippen LogP contribution >= 0.6 is 34.2 Å². The molecule has 2 aromatic carbocycles. The minimum absolute atomic E-state index is 0.149. The van der Waals surface area contributed by atoms with Gasteiger partial charge in [-0.05, 0) is 77.0 Å². The molecule has 2 aromatic rings. The second kappa shape index (κ2) is 6.90. The summed E-state index contributed by atoms with van der Waals surface area (Å²) in [6, 6.07) is 13.2. The summed E-state index contributed by atoms with van der Waals surface area (Å²) >= 11 is 8.05. The van der Waals surface area contributed by atoms with Crippen molar-refractivity contribution in [2.75, 3.05) is 5.32 Å². The minimum atomic E-state index is -0.149. The molecule has 0 atom stereocenters. The Morgan fingerprint density at radius 1 is 1.20 bits per heavy atom. The van der Waals surface area contributed by atoms with Crippen molar-refractivity contribution in [1.29, 1.82) is 0 Å². The van der Waals surface area contributed by atoms with Crippen LogP contribution in [0.3, 0.4) is 0 Å². The van der Waals surface area contributed by atoms with Gasteiger partial charge in [-0.25, -0.2) is 0 Å². The lowest BCUT2D eigenvalue weighted by atomic mass is 10.2. The van der Waals surface area contributed by atoms with Crippen LogP contribution in [-0.2, 0) is 4.79 Å². The summed E-state index contributed by atoms with van der Waals surface area (Å²) in [4.78, 5) is 11.9. The van der Waals surface area contributed by atoms with Gasteiger partial charge < -0.3 is 5.32 Å². The van der Waals surface area contributed by atoms with Gasteiger partial charge in [-0.1, -0.05) is 23.7 Å². The van der Waals surface area contributed by atoms with Crippen molar-refractivity contribution in [1.82, 2.24) is 0 Å². The van der Waals surface area contributed by atoms with E-state index in [-0.39, 0.29) is 5.91 Å².